The number of nitrogens with zero attached hydrogens (tertiary/aromatic N) is 3. The largest absolute Gasteiger partial charge is 0.435 e. The van der Waals surface area contributed by atoms with Crippen LogP contribution in [0.5, 0.6) is 0 Å². The van der Waals surface area contributed by atoms with Crippen LogP contribution in [0.3, 0.4) is 0 Å². The van der Waals surface area contributed by atoms with E-state index < -0.39 is 11.9 Å². The maximum Gasteiger partial charge on any atom is 0.435 e. The van der Waals surface area contributed by atoms with Gasteiger partial charge in [-0.3, -0.25) is 9.48 Å². The maximum atomic E-state index is 12.6. The summed E-state index contributed by atoms with van der Waals surface area (Å²) in [6.45, 7) is 0. The molecule has 0 N–H and O–H groups in total. The molecule has 2 aromatic rings. The molecule has 4 nitrogen and oxygen atoms in total. The molecule has 1 fully saturated rings. The minimum atomic E-state index is -4.49. The van der Waals surface area contributed by atoms with Gasteiger partial charge in [-0.05, 0) is 25.0 Å². The fourth-order valence-corrected chi connectivity index (χ4v) is 2.18. The van der Waals surface area contributed by atoms with E-state index in [1.807, 2.05) is 0 Å². The van der Waals surface area contributed by atoms with Crippen molar-refractivity contribution in [1.29, 1.82) is 0 Å². The molecule has 0 amide bonds. The van der Waals surface area contributed by atoms with E-state index >= 15 is 0 Å². The van der Waals surface area contributed by atoms with Crippen LogP contribution in [0.25, 0.3) is 11.3 Å². The topological polar surface area (TPSA) is 39.8 Å². The Bertz CT molecular complexity index is 710. The van der Waals surface area contributed by atoms with E-state index in [-0.39, 0.29) is 17.3 Å². The van der Waals surface area contributed by atoms with Gasteiger partial charge in [0, 0.05) is 30.9 Å². The minimum Gasteiger partial charge on any atom is -0.312 e. The first kappa shape index (κ1) is 13.0. The Kier molecular flexibility index (Phi) is 2.74. The van der Waals surface area contributed by atoms with Crippen molar-refractivity contribution in [3.8, 4) is 11.3 Å². The summed E-state index contributed by atoms with van der Waals surface area (Å²) in [5, 5.41) is 3.44. The van der Waals surface area contributed by atoms with Crippen LogP contribution in [0.1, 0.15) is 24.6 Å². The molecule has 0 aliphatic heterocycles. The van der Waals surface area contributed by atoms with Crippen molar-refractivity contribution in [2.24, 2.45) is 7.05 Å². The third-order valence-electron chi connectivity index (χ3n) is 3.35. The zero-order valence-electron chi connectivity index (χ0n) is 10.7. The lowest BCUT2D eigenvalue weighted by atomic mass is 10.2. The number of aromatic nitrogens is 3. The number of halogens is 3. The third kappa shape index (κ3) is 2.23. The molecule has 1 saturated carbocycles. The molecule has 1 aliphatic carbocycles. The minimum absolute atomic E-state index is 0.195. The smallest absolute Gasteiger partial charge is 0.312 e. The van der Waals surface area contributed by atoms with Crippen molar-refractivity contribution in [2.45, 2.75) is 25.1 Å². The van der Waals surface area contributed by atoms with Gasteiger partial charge in [-0.25, -0.2) is 0 Å². The molecule has 2 heterocycles. The van der Waals surface area contributed by atoms with Gasteiger partial charge in [-0.1, -0.05) is 0 Å². The van der Waals surface area contributed by atoms with Crippen LogP contribution < -0.4 is 5.56 Å². The van der Waals surface area contributed by atoms with Gasteiger partial charge in [-0.15, -0.1) is 0 Å². The van der Waals surface area contributed by atoms with Crippen molar-refractivity contribution in [2.75, 3.05) is 0 Å². The van der Waals surface area contributed by atoms with Crippen molar-refractivity contribution in [3.63, 3.8) is 0 Å². The van der Waals surface area contributed by atoms with Crippen molar-refractivity contribution >= 4 is 0 Å². The molecule has 1 aliphatic rings. The van der Waals surface area contributed by atoms with E-state index in [0.29, 0.717) is 5.56 Å². The highest BCUT2D eigenvalue weighted by molar-refractivity contribution is 5.59. The Morgan fingerprint density at radius 3 is 2.50 bits per heavy atom. The number of aryl methyl sites for hydroxylation is 1. The summed E-state index contributed by atoms with van der Waals surface area (Å²) in [7, 11) is 1.43. The summed E-state index contributed by atoms with van der Waals surface area (Å²) in [4.78, 5) is 11.9. The Morgan fingerprint density at radius 1 is 1.30 bits per heavy atom. The van der Waals surface area contributed by atoms with E-state index in [0.717, 1.165) is 23.6 Å². The van der Waals surface area contributed by atoms with Crippen molar-refractivity contribution in [3.05, 3.63) is 40.4 Å². The van der Waals surface area contributed by atoms with E-state index in [2.05, 4.69) is 5.10 Å². The van der Waals surface area contributed by atoms with E-state index in [1.165, 1.54) is 13.1 Å². The Morgan fingerprint density at radius 2 is 2.00 bits per heavy atom. The summed E-state index contributed by atoms with van der Waals surface area (Å²) in [6.07, 6.45) is -0.902. The first-order valence-corrected chi connectivity index (χ1v) is 6.20. The average molecular weight is 283 g/mol. The highest BCUT2D eigenvalue weighted by atomic mass is 19.4. The van der Waals surface area contributed by atoms with Gasteiger partial charge in [0.25, 0.3) is 5.56 Å². The van der Waals surface area contributed by atoms with Crippen LogP contribution in [-0.4, -0.2) is 14.3 Å². The van der Waals surface area contributed by atoms with Crippen LogP contribution in [-0.2, 0) is 13.2 Å². The van der Waals surface area contributed by atoms with Crippen LogP contribution in [0.15, 0.2) is 29.2 Å². The number of hydrogen-bond donors (Lipinski definition) is 0. The molecule has 0 radical (unpaired) electrons. The molecular formula is C13H12F3N3O. The molecule has 106 valence electrons. The number of rotatable bonds is 2. The first-order valence-electron chi connectivity index (χ1n) is 6.20. The van der Waals surface area contributed by atoms with Gasteiger partial charge in [0.2, 0.25) is 0 Å². The monoisotopic (exact) mass is 283 g/mol. The predicted octanol–water partition coefficient (Wildman–Crippen LogP) is 2.60. The molecule has 0 saturated heterocycles. The summed E-state index contributed by atoms with van der Waals surface area (Å²) in [6, 6.07) is 4.21. The summed E-state index contributed by atoms with van der Waals surface area (Å²) in [5.74, 6) is 0. The number of alkyl halides is 3. The zero-order valence-corrected chi connectivity index (χ0v) is 10.7. The van der Waals surface area contributed by atoms with Gasteiger partial charge in [-0.2, -0.15) is 18.3 Å². The fraction of sp³-hybridized carbons (Fsp3) is 0.385. The molecule has 0 unspecified atom stereocenters. The first-order chi connectivity index (χ1) is 9.36. The maximum absolute atomic E-state index is 12.6. The van der Waals surface area contributed by atoms with Crippen LogP contribution in [0, 0.1) is 0 Å². The van der Waals surface area contributed by atoms with E-state index in [1.54, 1.807) is 16.8 Å². The molecule has 0 bridgehead atoms. The second-order valence-electron chi connectivity index (χ2n) is 4.93. The van der Waals surface area contributed by atoms with Gasteiger partial charge < -0.3 is 4.57 Å². The second-order valence-corrected chi connectivity index (χ2v) is 4.93. The molecule has 0 spiro atoms. The fourth-order valence-electron chi connectivity index (χ4n) is 2.18. The number of hydrogen-bond acceptors (Lipinski definition) is 2. The van der Waals surface area contributed by atoms with Crippen molar-refractivity contribution < 1.29 is 13.2 Å². The van der Waals surface area contributed by atoms with E-state index in [4.69, 9.17) is 0 Å². The predicted molar refractivity (Wildman–Crippen MR) is 66.2 cm³/mol. The Balaban J connectivity index is 2.03. The normalized spacial score (nSPS) is 15.6. The molecule has 7 heteroatoms. The quantitative estimate of drug-likeness (QED) is 0.850. The van der Waals surface area contributed by atoms with E-state index in [9.17, 15) is 18.0 Å². The number of pyridine rings is 1. The SMILES string of the molecule is Cn1nc(C(F)(F)F)cc1-c1ccn(C2CC2)c(=O)c1. The third-order valence-corrected chi connectivity index (χ3v) is 3.35. The summed E-state index contributed by atoms with van der Waals surface area (Å²) < 4.78 is 40.6. The highest BCUT2D eigenvalue weighted by Gasteiger charge is 2.34. The molecule has 0 atom stereocenters. The zero-order chi connectivity index (χ0) is 14.5. The van der Waals surface area contributed by atoms with Gasteiger partial charge in [0.15, 0.2) is 5.69 Å². The molecule has 20 heavy (non-hydrogen) atoms. The van der Waals surface area contributed by atoms with Gasteiger partial charge in [0.05, 0.1) is 5.69 Å². The van der Waals surface area contributed by atoms with Crippen molar-refractivity contribution in [1.82, 2.24) is 14.3 Å². The summed E-state index contributed by atoms with van der Waals surface area (Å²) in [5.41, 5.74) is -0.434. The second kappa shape index (κ2) is 4.22. The lowest BCUT2D eigenvalue weighted by molar-refractivity contribution is -0.141. The van der Waals surface area contributed by atoms with Crippen LogP contribution >= 0.6 is 0 Å². The highest BCUT2D eigenvalue weighted by Crippen LogP contribution is 2.34. The average Bonchev–Trinajstić information content (AvgIpc) is 3.10. The Hall–Kier alpha value is -2.05. The molecular weight excluding hydrogens is 271 g/mol. The summed E-state index contributed by atoms with van der Waals surface area (Å²) >= 11 is 0. The van der Waals surface area contributed by atoms with Crippen LogP contribution in [0.2, 0.25) is 0 Å². The van der Waals surface area contributed by atoms with Crippen LogP contribution in [0.4, 0.5) is 13.2 Å². The van der Waals surface area contributed by atoms with Gasteiger partial charge in [0.1, 0.15) is 0 Å². The lowest BCUT2D eigenvalue weighted by Gasteiger charge is -2.05. The molecule has 3 rings (SSSR count). The van der Waals surface area contributed by atoms with Gasteiger partial charge >= 0.3 is 6.18 Å². The molecule has 2 aromatic heterocycles. The molecule has 0 aromatic carbocycles. The standard InChI is InChI=1S/C13H12F3N3O/c1-18-10(7-11(17-18)13(14,15)16)8-4-5-19(9-2-3-9)12(20)6-8/h4-7,9H,2-3H2,1H3. The Labute approximate surface area is 112 Å². The lowest BCUT2D eigenvalue weighted by Crippen LogP contribution is -2.17.